The number of hydrogen-bond donors (Lipinski definition) is 0. The van der Waals surface area contributed by atoms with E-state index >= 15 is 0 Å². The van der Waals surface area contributed by atoms with Crippen molar-refractivity contribution in [3.63, 3.8) is 0 Å². The number of aromatic nitrogens is 3. The fourth-order valence-electron chi connectivity index (χ4n) is 4.51. The van der Waals surface area contributed by atoms with E-state index in [2.05, 4.69) is 31.2 Å². The van der Waals surface area contributed by atoms with Crippen molar-refractivity contribution in [3.8, 4) is 11.6 Å². The summed E-state index contributed by atoms with van der Waals surface area (Å²) in [6.45, 7) is 2.74. The normalized spacial score (nSPS) is 19.9. The average Bonchev–Trinajstić information content (AvgIpc) is 3.09. The summed E-state index contributed by atoms with van der Waals surface area (Å²) in [7, 11) is 0. The Balaban J connectivity index is 1.57. The van der Waals surface area contributed by atoms with E-state index in [0.717, 1.165) is 33.6 Å². The van der Waals surface area contributed by atoms with E-state index in [-0.39, 0.29) is 5.92 Å². The van der Waals surface area contributed by atoms with Crippen LogP contribution in [0.2, 0.25) is 5.02 Å². The summed E-state index contributed by atoms with van der Waals surface area (Å²) in [5, 5.41) is 7.80. The summed E-state index contributed by atoms with van der Waals surface area (Å²) in [4.78, 5) is 4.96. The molecule has 0 bridgehead atoms. The molecule has 4 nitrogen and oxygen atoms in total. The maximum atomic E-state index is 6.46. The number of para-hydroxylation sites is 2. The van der Waals surface area contributed by atoms with Crippen LogP contribution in [0.3, 0.4) is 0 Å². The van der Waals surface area contributed by atoms with Crippen molar-refractivity contribution in [3.05, 3.63) is 76.4 Å². The van der Waals surface area contributed by atoms with Gasteiger partial charge in [0, 0.05) is 28.5 Å². The van der Waals surface area contributed by atoms with Gasteiger partial charge in [0.05, 0.1) is 28.5 Å². The third-order valence-corrected chi connectivity index (χ3v) is 7.36. The molecule has 29 heavy (non-hydrogen) atoms. The van der Waals surface area contributed by atoms with Crippen LogP contribution in [0.15, 0.2) is 59.6 Å². The van der Waals surface area contributed by atoms with E-state index in [9.17, 15) is 0 Å². The van der Waals surface area contributed by atoms with E-state index in [1.807, 2.05) is 46.8 Å². The van der Waals surface area contributed by atoms with Crippen molar-refractivity contribution in [2.24, 2.45) is 5.92 Å². The molecule has 0 aliphatic carbocycles. The van der Waals surface area contributed by atoms with Gasteiger partial charge in [-0.1, -0.05) is 41.9 Å². The van der Waals surface area contributed by atoms with Crippen molar-refractivity contribution in [1.82, 2.24) is 14.8 Å². The highest BCUT2D eigenvalue weighted by Crippen LogP contribution is 2.51. The molecule has 2 atom stereocenters. The molecule has 2 aromatic carbocycles. The Morgan fingerprint density at radius 3 is 2.86 bits per heavy atom. The first-order valence-corrected chi connectivity index (χ1v) is 11.1. The van der Waals surface area contributed by atoms with Crippen LogP contribution in [0.4, 0.5) is 0 Å². The summed E-state index contributed by atoms with van der Waals surface area (Å²) >= 11 is 8.30. The number of pyridine rings is 1. The maximum absolute atomic E-state index is 6.46. The predicted molar refractivity (Wildman–Crippen MR) is 117 cm³/mol. The largest absolute Gasteiger partial charge is 0.477 e. The molecule has 0 amide bonds. The number of rotatable bonds is 1. The zero-order valence-electron chi connectivity index (χ0n) is 15.8. The number of fused-ring (bicyclic) bond motifs is 6. The molecule has 0 N–H and O–H groups in total. The second-order valence-electron chi connectivity index (χ2n) is 7.60. The number of aryl methyl sites for hydroxylation is 1. The van der Waals surface area contributed by atoms with Gasteiger partial charge in [-0.05, 0) is 36.8 Å². The zero-order valence-corrected chi connectivity index (χ0v) is 17.4. The summed E-state index contributed by atoms with van der Waals surface area (Å²) in [6, 6.07) is 18.4. The summed E-state index contributed by atoms with van der Waals surface area (Å²) in [5.74, 6) is 2.45. The fraction of sp³-hybridized carbons (Fsp3) is 0.217. The number of hydrogen-bond acceptors (Lipinski definition) is 4. The van der Waals surface area contributed by atoms with Crippen LogP contribution in [-0.4, -0.2) is 27.1 Å². The van der Waals surface area contributed by atoms with Crippen molar-refractivity contribution in [2.45, 2.75) is 17.9 Å². The number of nitrogens with zero attached hydrogens (tertiary/aromatic N) is 3. The van der Waals surface area contributed by atoms with Crippen molar-refractivity contribution >= 4 is 34.3 Å². The Morgan fingerprint density at radius 2 is 1.97 bits per heavy atom. The molecule has 6 heteroatoms. The molecule has 0 radical (unpaired) electrons. The Hall–Kier alpha value is -2.50. The SMILES string of the molecule is Cc1nn(-c2ccccc2Cl)c2c1[C@H]1c3cc4ccccc4nc3SC[C@H]1CO2. The molecular weight excluding hydrogens is 402 g/mol. The van der Waals surface area contributed by atoms with Crippen molar-refractivity contribution in [2.75, 3.05) is 12.4 Å². The average molecular weight is 420 g/mol. The zero-order chi connectivity index (χ0) is 19.5. The summed E-state index contributed by atoms with van der Waals surface area (Å²) < 4.78 is 8.13. The Morgan fingerprint density at radius 1 is 1.14 bits per heavy atom. The predicted octanol–water partition coefficient (Wildman–Crippen LogP) is 5.63. The molecule has 2 aliphatic rings. The number of benzene rings is 2. The molecule has 2 aromatic heterocycles. The van der Waals surface area contributed by atoms with Gasteiger partial charge in [0.15, 0.2) is 0 Å². The van der Waals surface area contributed by atoms with Gasteiger partial charge in [-0.2, -0.15) is 9.78 Å². The third-order valence-electron chi connectivity index (χ3n) is 5.85. The van der Waals surface area contributed by atoms with Crippen LogP contribution >= 0.6 is 23.4 Å². The van der Waals surface area contributed by atoms with Crippen LogP contribution in [0, 0.1) is 12.8 Å². The van der Waals surface area contributed by atoms with Gasteiger partial charge in [-0.3, -0.25) is 0 Å². The summed E-state index contributed by atoms with van der Waals surface area (Å²) in [6.07, 6.45) is 0. The van der Waals surface area contributed by atoms with Crippen molar-refractivity contribution in [1.29, 1.82) is 0 Å². The lowest BCUT2D eigenvalue weighted by atomic mass is 9.80. The Bertz CT molecular complexity index is 1270. The van der Waals surface area contributed by atoms with Crippen LogP contribution in [0.5, 0.6) is 5.88 Å². The van der Waals surface area contributed by atoms with Crippen molar-refractivity contribution < 1.29 is 4.74 Å². The lowest BCUT2D eigenvalue weighted by molar-refractivity contribution is 0.205. The van der Waals surface area contributed by atoms with Gasteiger partial charge in [0.1, 0.15) is 5.03 Å². The highest BCUT2D eigenvalue weighted by molar-refractivity contribution is 7.99. The second-order valence-corrected chi connectivity index (χ2v) is 9.02. The van der Waals surface area contributed by atoms with E-state index in [1.54, 1.807) is 0 Å². The smallest absolute Gasteiger partial charge is 0.220 e. The third kappa shape index (κ3) is 2.61. The minimum atomic E-state index is 0.239. The molecular formula is C23H18ClN3OS. The van der Waals surface area contributed by atoms with Gasteiger partial charge >= 0.3 is 0 Å². The highest BCUT2D eigenvalue weighted by atomic mass is 35.5. The fourth-order valence-corrected chi connectivity index (χ4v) is 5.90. The van der Waals surface area contributed by atoms with Crippen LogP contribution in [0.25, 0.3) is 16.6 Å². The van der Waals surface area contributed by atoms with Crippen LogP contribution < -0.4 is 4.74 Å². The molecule has 0 saturated carbocycles. The first-order chi connectivity index (χ1) is 14.2. The first kappa shape index (κ1) is 17.4. The highest BCUT2D eigenvalue weighted by Gasteiger charge is 2.41. The molecule has 2 aliphatic heterocycles. The maximum Gasteiger partial charge on any atom is 0.220 e. The minimum Gasteiger partial charge on any atom is -0.477 e. The second kappa shape index (κ2) is 6.51. The molecule has 0 fully saturated rings. The molecule has 0 spiro atoms. The van der Waals surface area contributed by atoms with E-state index < -0.39 is 0 Å². The molecule has 4 heterocycles. The lowest BCUT2D eigenvalue weighted by Crippen LogP contribution is -2.32. The number of ether oxygens (including phenoxy) is 1. The van der Waals surface area contributed by atoms with Crippen LogP contribution in [-0.2, 0) is 0 Å². The first-order valence-electron chi connectivity index (χ1n) is 9.70. The van der Waals surface area contributed by atoms with E-state index in [4.69, 9.17) is 26.4 Å². The van der Waals surface area contributed by atoms with E-state index in [0.29, 0.717) is 17.5 Å². The van der Waals surface area contributed by atoms with Gasteiger partial charge in [-0.15, -0.1) is 11.8 Å². The monoisotopic (exact) mass is 419 g/mol. The van der Waals surface area contributed by atoms with E-state index in [1.165, 1.54) is 16.5 Å². The standard InChI is InChI=1S/C23H18ClN3OS/c1-13-20-21-15(11-28-23(20)27(26-13)19-9-5-3-7-17(19)24)12-29-22-16(21)10-14-6-2-4-8-18(14)25-22/h2-10,15,21H,11-12H2,1H3/t15-,21-/m1/s1. The lowest BCUT2D eigenvalue weighted by Gasteiger charge is -2.36. The topological polar surface area (TPSA) is 39.9 Å². The number of halogens is 1. The van der Waals surface area contributed by atoms with Gasteiger partial charge in [0.25, 0.3) is 0 Å². The molecule has 6 rings (SSSR count). The molecule has 4 aromatic rings. The minimum absolute atomic E-state index is 0.239. The van der Waals surface area contributed by atoms with Gasteiger partial charge in [0.2, 0.25) is 5.88 Å². The molecule has 0 unspecified atom stereocenters. The number of thioether (sulfide) groups is 1. The van der Waals surface area contributed by atoms with Crippen LogP contribution in [0.1, 0.15) is 22.7 Å². The molecule has 0 saturated heterocycles. The quantitative estimate of drug-likeness (QED) is 0.401. The molecule has 144 valence electrons. The Labute approximate surface area is 177 Å². The Kier molecular flexibility index (Phi) is 3.90. The van der Waals surface area contributed by atoms with Gasteiger partial charge < -0.3 is 4.74 Å². The summed E-state index contributed by atoms with van der Waals surface area (Å²) in [5.41, 5.74) is 5.34. The van der Waals surface area contributed by atoms with Gasteiger partial charge in [-0.25, -0.2) is 4.98 Å².